The highest BCUT2D eigenvalue weighted by Gasteiger charge is 2.33. The summed E-state index contributed by atoms with van der Waals surface area (Å²) in [5.41, 5.74) is 0.932. The van der Waals surface area contributed by atoms with Crippen LogP contribution in [-0.4, -0.2) is 24.2 Å². The van der Waals surface area contributed by atoms with E-state index in [1.165, 1.54) is 0 Å². The molecule has 132 valence electrons. The first-order valence-corrected chi connectivity index (χ1v) is 8.72. The Bertz CT molecular complexity index is 718. The fraction of sp³-hybridized carbons (Fsp3) is 0.550. The van der Waals surface area contributed by atoms with Gasteiger partial charge in [-0.3, -0.25) is 0 Å². The molecule has 5 heteroatoms. The van der Waals surface area contributed by atoms with E-state index in [0.29, 0.717) is 23.5 Å². The number of esters is 1. The van der Waals surface area contributed by atoms with Gasteiger partial charge in [0.15, 0.2) is 0 Å². The normalized spacial score (nSPS) is 15.0. The molecule has 1 atom stereocenters. The predicted molar refractivity (Wildman–Crippen MR) is 95.9 cm³/mol. The Hall–Kier alpha value is -2.53. The lowest BCUT2D eigenvalue weighted by molar-refractivity contribution is -0.156. The first-order valence-electron chi connectivity index (χ1n) is 8.72. The van der Waals surface area contributed by atoms with Crippen molar-refractivity contribution >= 4 is 11.7 Å². The number of rotatable bonds is 6. The van der Waals surface area contributed by atoms with E-state index in [1.54, 1.807) is 12.1 Å². The van der Waals surface area contributed by atoms with E-state index >= 15 is 0 Å². The van der Waals surface area contributed by atoms with Gasteiger partial charge in [-0.05, 0) is 64.2 Å². The van der Waals surface area contributed by atoms with E-state index in [-0.39, 0.29) is 5.97 Å². The Morgan fingerprint density at radius 2 is 1.92 bits per heavy atom. The summed E-state index contributed by atoms with van der Waals surface area (Å²) in [6.45, 7) is 8.30. The molecule has 1 aromatic carbocycles. The maximum absolute atomic E-state index is 12.7. The number of ether oxygens (including phenoxy) is 1. The van der Waals surface area contributed by atoms with Crippen molar-refractivity contribution in [2.75, 3.05) is 11.4 Å². The lowest BCUT2D eigenvalue weighted by Gasteiger charge is -2.34. The molecule has 0 radical (unpaired) electrons. The number of carbonyl (C=O) groups excluding carboxylic acids is 1. The van der Waals surface area contributed by atoms with E-state index in [9.17, 15) is 10.1 Å². The number of carbonyl (C=O) groups is 1. The number of hydrogen-bond acceptors (Lipinski definition) is 5. The average Bonchev–Trinajstić information content (AvgIpc) is 3.36. The molecule has 5 nitrogen and oxygen atoms in total. The number of benzene rings is 1. The van der Waals surface area contributed by atoms with Crippen LogP contribution in [0.4, 0.5) is 5.69 Å². The SMILES string of the molecule is CCC(C(=O)OC(C)(C)C)N(CC1CC1)c1ccc(C#N)c(C#N)c1. The second-order valence-electron chi connectivity index (χ2n) is 7.51. The van der Waals surface area contributed by atoms with Gasteiger partial charge < -0.3 is 9.64 Å². The highest BCUT2D eigenvalue weighted by Crippen LogP contribution is 2.34. The van der Waals surface area contributed by atoms with Crippen LogP contribution in [0.3, 0.4) is 0 Å². The van der Waals surface area contributed by atoms with Crippen LogP contribution in [0.2, 0.25) is 0 Å². The van der Waals surface area contributed by atoms with Gasteiger partial charge in [-0.1, -0.05) is 6.92 Å². The number of nitriles is 2. The van der Waals surface area contributed by atoms with Gasteiger partial charge in [-0.2, -0.15) is 10.5 Å². The molecule has 1 aliphatic carbocycles. The van der Waals surface area contributed by atoms with Crippen LogP contribution in [0.25, 0.3) is 0 Å². The van der Waals surface area contributed by atoms with Crippen LogP contribution in [0.5, 0.6) is 0 Å². The van der Waals surface area contributed by atoms with Crippen molar-refractivity contribution in [3.63, 3.8) is 0 Å². The summed E-state index contributed by atoms with van der Waals surface area (Å²) in [7, 11) is 0. The summed E-state index contributed by atoms with van der Waals surface area (Å²) in [6.07, 6.45) is 2.93. The molecule has 0 saturated heterocycles. The van der Waals surface area contributed by atoms with Crippen molar-refractivity contribution in [3.05, 3.63) is 29.3 Å². The number of anilines is 1. The summed E-state index contributed by atoms with van der Waals surface area (Å²) in [5, 5.41) is 18.4. The van der Waals surface area contributed by atoms with Gasteiger partial charge in [0.2, 0.25) is 0 Å². The molecule has 0 aliphatic heterocycles. The first-order chi connectivity index (χ1) is 11.8. The van der Waals surface area contributed by atoms with Gasteiger partial charge in [0.25, 0.3) is 0 Å². The summed E-state index contributed by atoms with van der Waals surface area (Å²) in [4.78, 5) is 14.7. The first kappa shape index (κ1) is 18.8. The molecule has 0 aromatic heterocycles. The molecule has 0 bridgehead atoms. The van der Waals surface area contributed by atoms with Crippen LogP contribution in [-0.2, 0) is 9.53 Å². The zero-order chi connectivity index (χ0) is 18.6. The van der Waals surface area contributed by atoms with Gasteiger partial charge in [0.05, 0.1) is 11.1 Å². The summed E-state index contributed by atoms with van der Waals surface area (Å²) < 4.78 is 5.60. The third-order valence-electron chi connectivity index (χ3n) is 4.17. The summed E-state index contributed by atoms with van der Waals surface area (Å²) in [5.74, 6) is 0.316. The van der Waals surface area contributed by atoms with Crippen molar-refractivity contribution in [1.82, 2.24) is 0 Å². The van der Waals surface area contributed by atoms with E-state index in [4.69, 9.17) is 10.00 Å². The maximum Gasteiger partial charge on any atom is 0.329 e. The molecular formula is C20H25N3O2. The smallest absolute Gasteiger partial charge is 0.329 e. The van der Waals surface area contributed by atoms with Crippen molar-refractivity contribution in [2.24, 2.45) is 5.92 Å². The molecule has 0 amide bonds. The molecule has 0 N–H and O–H groups in total. The Morgan fingerprint density at radius 3 is 2.40 bits per heavy atom. The molecule has 1 aliphatic rings. The quantitative estimate of drug-likeness (QED) is 0.737. The van der Waals surface area contributed by atoms with Crippen LogP contribution in [0.15, 0.2) is 18.2 Å². The van der Waals surface area contributed by atoms with Crippen LogP contribution in [0.1, 0.15) is 58.1 Å². The fourth-order valence-corrected chi connectivity index (χ4v) is 2.78. The van der Waals surface area contributed by atoms with Gasteiger partial charge in [-0.25, -0.2) is 4.79 Å². The van der Waals surface area contributed by atoms with Crippen molar-refractivity contribution < 1.29 is 9.53 Å². The largest absolute Gasteiger partial charge is 0.458 e. The second-order valence-corrected chi connectivity index (χ2v) is 7.51. The summed E-state index contributed by atoms with van der Waals surface area (Å²) >= 11 is 0. The summed E-state index contributed by atoms with van der Waals surface area (Å²) in [6, 6.07) is 8.86. The average molecular weight is 339 g/mol. The maximum atomic E-state index is 12.7. The molecule has 1 unspecified atom stereocenters. The standard InChI is InChI=1S/C20H25N3O2/c1-5-18(19(24)25-20(2,3)4)23(13-14-6-7-14)17-9-8-15(11-21)16(10-17)12-22/h8-10,14,18H,5-7,13H2,1-4H3. The van der Waals surface area contributed by atoms with E-state index in [0.717, 1.165) is 25.1 Å². The molecule has 25 heavy (non-hydrogen) atoms. The molecule has 1 saturated carbocycles. The van der Waals surface area contributed by atoms with Crippen LogP contribution in [0, 0.1) is 28.6 Å². The topological polar surface area (TPSA) is 77.1 Å². The minimum absolute atomic E-state index is 0.251. The zero-order valence-electron chi connectivity index (χ0n) is 15.4. The highest BCUT2D eigenvalue weighted by molar-refractivity contribution is 5.80. The monoisotopic (exact) mass is 339 g/mol. The van der Waals surface area contributed by atoms with E-state index in [1.807, 2.05) is 44.7 Å². The van der Waals surface area contributed by atoms with Gasteiger partial charge in [0, 0.05) is 12.2 Å². The molecule has 0 heterocycles. The van der Waals surface area contributed by atoms with Crippen molar-refractivity contribution in [1.29, 1.82) is 10.5 Å². The Morgan fingerprint density at radius 1 is 1.28 bits per heavy atom. The highest BCUT2D eigenvalue weighted by atomic mass is 16.6. The Labute approximate surface area is 149 Å². The molecule has 0 spiro atoms. The van der Waals surface area contributed by atoms with Gasteiger partial charge in [-0.15, -0.1) is 0 Å². The lowest BCUT2D eigenvalue weighted by Crippen LogP contribution is -2.45. The van der Waals surface area contributed by atoms with Crippen molar-refractivity contribution in [3.8, 4) is 12.1 Å². The minimum Gasteiger partial charge on any atom is -0.458 e. The number of hydrogen-bond donors (Lipinski definition) is 0. The third-order valence-corrected chi connectivity index (χ3v) is 4.17. The lowest BCUT2D eigenvalue weighted by atomic mass is 10.1. The van der Waals surface area contributed by atoms with Gasteiger partial charge >= 0.3 is 5.97 Å². The molecule has 1 fully saturated rings. The number of nitrogens with zero attached hydrogens (tertiary/aromatic N) is 3. The van der Waals surface area contributed by atoms with Crippen LogP contribution >= 0.6 is 0 Å². The molecule has 1 aromatic rings. The minimum atomic E-state index is -0.543. The molecule has 2 rings (SSSR count). The fourth-order valence-electron chi connectivity index (χ4n) is 2.78. The second kappa shape index (κ2) is 7.57. The van der Waals surface area contributed by atoms with E-state index in [2.05, 4.69) is 6.07 Å². The van der Waals surface area contributed by atoms with Crippen molar-refractivity contribution in [2.45, 2.75) is 58.6 Å². The Kier molecular flexibility index (Phi) is 5.69. The predicted octanol–water partition coefficient (Wildman–Crippen LogP) is 3.77. The van der Waals surface area contributed by atoms with E-state index < -0.39 is 11.6 Å². The zero-order valence-corrected chi connectivity index (χ0v) is 15.4. The Balaban J connectivity index is 2.36. The van der Waals surface area contributed by atoms with Crippen LogP contribution < -0.4 is 4.90 Å². The van der Waals surface area contributed by atoms with Gasteiger partial charge in [0.1, 0.15) is 23.8 Å². The molecular weight excluding hydrogens is 314 g/mol. The third kappa shape index (κ3) is 4.97.